The highest BCUT2D eigenvalue weighted by Crippen LogP contribution is 2.17. The normalized spacial score (nSPS) is 12.2. The molecule has 1 N–H and O–H groups in total. The number of unbranched alkanes of at least 4 members (excludes halogenated alkanes) is 1. The van der Waals surface area contributed by atoms with Crippen LogP contribution in [0.5, 0.6) is 0 Å². The first-order valence-electron chi connectivity index (χ1n) is 6.57. The van der Waals surface area contributed by atoms with Crippen LogP contribution in [0.2, 0.25) is 0 Å². The number of carbonyl (C=O) groups is 1. The van der Waals surface area contributed by atoms with Crippen LogP contribution in [-0.2, 0) is 0 Å². The lowest BCUT2D eigenvalue weighted by molar-refractivity contribution is 0.0690. The number of pyridine rings is 1. The first-order valence-corrected chi connectivity index (χ1v) is 6.57. The highest BCUT2D eigenvalue weighted by atomic mass is 16.4. The lowest BCUT2D eigenvalue weighted by Crippen LogP contribution is -2.34. The van der Waals surface area contributed by atoms with Gasteiger partial charge in [-0.3, -0.25) is 0 Å². The number of carboxylic acid groups (broad SMARTS) is 1. The predicted molar refractivity (Wildman–Crippen MR) is 73.2 cm³/mol. The van der Waals surface area contributed by atoms with Gasteiger partial charge in [-0.05, 0) is 31.9 Å². The lowest BCUT2D eigenvalue weighted by Gasteiger charge is -2.29. The zero-order valence-corrected chi connectivity index (χ0v) is 11.4. The molecule has 1 heterocycles. The number of hydrogen-bond acceptors (Lipinski definition) is 3. The summed E-state index contributed by atoms with van der Waals surface area (Å²) < 4.78 is 0. The molecule has 0 spiro atoms. The second kappa shape index (κ2) is 6.99. The van der Waals surface area contributed by atoms with Crippen molar-refractivity contribution < 1.29 is 9.90 Å². The van der Waals surface area contributed by atoms with E-state index < -0.39 is 5.97 Å². The monoisotopic (exact) mass is 250 g/mol. The molecule has 0 saturated heterocycles. The molecule has 1 aromatic rings. The van der Waals surface area contributed by atoms with Crippen molar-refractivity contribution in [2.75, 3.05) is 11.4 Å². The summed E-state index contributed by atoms with van der Waals surface area (Å²) in [6.07, 6.45) is 3.22. The Balaban J connectivity index is 2.96. The zero-order valence-electron chi connectivity index (χ0n) is 11.4. The smallest absolute Gasteiger partial charge is 0.354 e. The third-order valence-electron chi connectivity index (χ3n) is 3.12. The first-order chi connectivity index (χ1) is 8.60. The third kappa shape index (κ3) is 3.72. The highest BCUT2D eigenvalue weighted by molar-refractivity contribution is 5.85. The van der Waals surface area contributed by atoms with Crippen molar-refractivity contribution in [1.82, 2.24) is 4.98 Å². The van der Waals surface area contributed by atoms with E-state index in [0.717, 1.165) is 31.6 Å². The number of carboxylic acids is 1. The van der Waals surface area contributed by atoms with Gasteiger partial charge in [0.25, 0.3) is 0 Å². The molecule has 18 heavy (non-hydrogen) atoms. The summed E-state index contributed by atoms with van der Waals surface area (Å²) in [5.74, 6) is -0.214. The molecule has 4 heteroatoms. The molecular formula is C14H22N2O2. The molecule has 0 radical (unpaired) electrons. The number of aromatic nitrogens is 1. The van der Waals surface area contributed by atoms with Crippen LogP contribution in [0.1, 0.15) is 50.5 Å². The molecule has 0 saturated carbocycles. The van der Waals surface area contributed by atoms with Gasteiger partial charge in [0.15, 0.2) is 5.69 Å². The number of nitrogens with zero attached hydrogens (tertiary/aromatic N) is 2. The lowest BCUT2D eigenvalue weighted by atomic mass is 10.2. The maximum absolute atomic E-state index is 10.9. The standard InChI is InChI=1S/C14H22N2O2/c1-4-6-10-16(11(3)5-2)13-9-7-8-12(15-13)14(17)18/h7-9,11H,4-6,10H2,1-3H3,(H,17,18). The zero-order chi connectivity index (χ0) is 13.5. The molecule has 1 aromatic heterocycles. The van der Waals surface area contributed by atoms with Gasteiger partial charge < -0.3 is 10.0 Å². The molecule has 0 aromatic carbocycles. The molecule has 0 aliphatic rings. The number of anilines is 1. The van der Waals surface area contributed by atoms with E-state index in [-0.39, 0.29) is 5.69 Å². The van der Waals surface area contributed by atoms with Crippen molar-refractivity contribution in [1.29, 1.82) is 0 Å². The second-order valence-electron chi connectivity index (χ2n) is 4.49. The van der Waals surface area contributed by atoms with E-state index in [1.807, 2.05) is 6.07 Å². The van der Waals surface area contributed by atoms with E-state index in [1.54, 1.807) is 6.07 Å². The summed E-state index contributed by atoms with van der Waals surface area (Å²) in [6.45, 7) is 7.34. The minimum Gasteiger partial charge on any atom is -0.477 e. The van der Waals surface area contributed by atoms with Crippen LogP contribution in [0, 0.1) is 0 Å². The first kappa shape index (κ1) is 14.5. The average Bonchev–Trinajstić information content (AvgIpc) is 2.39. The number of aromatic carboxylic acids is 1. The minimum atomic E-state index is -0.976. The van der Waals surface area contributed by atoms with Crippen LogP contribution < -0.4 is 4.90 Å². The van der Waals surface area contributed by atoms with Gasteiger partial charge >= 0.3 is 5.97 Å². The van der Waals surface area contributed by atoms with Crippen molar-refractivity contribution >= 4 is 11.8 Å². The van der Waals surface area contributed by atoms with E-state index in [0.29, 0.717) is 6.04 Å². The summed E-state index contributed by atoms with van der Waals surface area (Å²) in [6, 6.07) is 5.54. The predicted octanol–water partition coefficient (Wildman–Crippen LogP) is 3.18. The van der Waals surface area contributed by atoms with E-state index in [1.165, 1.54) is 6.07 Å². The van der Waals surface area contributed by atoms with Gasteiger partial charge in [0.1, 0.15) is 5.82 Å². The summed E-state index contributed by atoms with van der Waals surface area (Å²) in [4.78, 5) is 17.4. The van der Waals surface area contributed by atoms with Crippen molar-refractivity contribution in [2.24, 2.45) is 0 Å². The van der Waals surface area contributed by atoms with Crippen LogP contribution in [0.4, 0.5) is 5.82 Å². The Labute approximate surface area is 109 Å². The Morgan fingerprint density at radius 1 is 1.44 bits per heavy atom. The van der Waals surface area contributed by atoms with Gasteiger partial charge in [0.05, 0.1) is 0 Å². The maximum atomic E-state index is 10.9. The van der Waals surface area contributed by atoms with Crippen molar-refractivity contribution in [2.45, 2.75) is 46.1 Å². The molecule has 4 nitrogen and oxygen atoms in total. The Kier molecular flexibility index (Phi) is 5.62. The molecule has 1 rings (SSSR count). The minimum absolute atomic E-state index is 0.109. The van der Waals surface area contributed by atoms with E-state index in [9.17, 15) is 4.79 Å². The van der Waals surface area contributed by atoms with Gasteiger partial charge in [0, 0.05) is 12.6 Å². The molecular weight excluding hydrogens is 228 g/mol. The Morgan fingerprint density at radius 3 is 2.72 bits per heavy atom. The van der Waals surface area contributed by atoms with Crippen molar-refractivity contribution in [3.05, 3.63) is 23.9 Å². The summed E-state index contributed by atoms with van der Waals surface area (Å²) in [5, 5.41) is 8.98. The molecule has 0 aliphatic carbocycles. The fraction of sp³-hybridized carbons (Fsp3) is 0.571. The Hall–Kier alpha value is -1.58. The molecule has 0 bridgehead atoms. The third-order valence-corrected chi connectivity index (χ3v) is 3.12. The summed E-state index contributed by atoms with van der Waals surface area (Å²) >= 11 is 0. The molecule has 0 aliphatic heterocycles. The highest BCUT2D eigenvalue weighted by Gasteiger charge is 2.15. The summed E-state index contributed by atoms with van der Waals surface area (Å²) in [5.41, 5.74) is 0.109. The van der Waals surface area contributed by atoms with E-state index >= 15 is 0 Å². The van der Waals surface area contributed by atoms with Gasteiger partial charge in [-0.2, -0.15) is 0 Å². The SMILES string of the molecule is CCCCN(c1cccc(C(=O)O)n1)C(C)CC. The van der Waals surface area contributed by atoms with Crippen LogP contribution >= 0.6 is 0 Å². The van der Waals surface area contributed by atoms with Crippen molar-refractivity contribution in [3.8, 4) is 0 Å². The molecule has 0 fully saturated rings. The fourth-order valence-corrected chi connectivity index (χ4v) is 1.81. The Morgan fingerprint density at radius 2 is 2.17 bits per heavy atom. The van der Waals surface area contributed by atoms with Crippen LogP contribution in [-0.4, -0.2) is 28.6 Å². The van der Waals surface area contributed by atoms with Crippen LogP contribution in [0.25, 0.3) is 0 Å². The van der Waals surface area contributed by atoms with Gasteiger partial charge in [-0.25, -0.2) is 9.78 Å². The maximum Gasteiger partial charge on any atom is 0.354 e. The topological polar surface area (TPSA) is 53.4 Å². The van der Waals surface area contributed by atoms with Gasteiger partial charge in [-0.15, -0.1) is 0 Å². The molecule has 0 amide bonds. The molecule has 100 valence electrons. The largest absolute Gasteiger partial charge is 0.477 e. The van der Waals surface area contributed by atoms with E-state index in [2.05, 4.69) is 30.7 Å². The van der Waals surface area contributed by atoms with Gasteiger partial charge in [0.2, 0.25) is 0 Å². The average molecular weight is 250 g/mol. The number of hydrogen-bond donors (Lipinski definition) is 1. The molecule has 1 atom stereocenters. The van der Waals surface area contributed by atoms with Crippen LogP contribution in [0.3, 0.4) is 0 Å². The summed E-state index contributed by atoms with van der Waals surface area (Å²) in [7, 11) is 0. The second-order valence-corrected chi connectivity index (χ2v) is 4.49. The Bertz CT molecular complexity index is 393. The van der Waals surface area contributed by atoms with Gasteiger partial charge in [-0.1, -0.05) is 26.3 Å². The fourth-order valence-electron chi connectivity index (χ4n) is 1.81. The quantitative estimate of drug-likeness (QED) is 0.807. The van der Waals surface area contributed by atoms with E-state index in [4.69, 9.17) is 5.11 Å². The van der Waals surface area contributed by atoms with Crippen LogP contribution in [0.15, 0.2) is 18.2 Å². The molecule has 1 unspecified atom stereocenters. The number of rotatable bonds is 7. The van der Waals surface area contributed by atoms with Crippen molar-refractivity contribution in [3.63, 3.8) is 0 Å².